The van der Waals surface area contributed by atoms with Gasteiger partial charge in [0.15, 0.2) is 0 Å². The minimum Gasteiger partial charge on any atom is -0.389 e. The number of rotatable bonds is 8. The largest absolute Gasteiger partial charge is 0.389 e. The number of ether oxygens (including phenoxy) is 1. The monoisotopic (exact) mass is 339 g/mol. The summed E-state index contributed by atoms with van der Waals surface area (Å²) in [5.74, 6) is 0.563. The average molecular weight is 339 g/mol. The molecule has 3 rings (SSSR count). The fraction of sp³-hybridized carbons (Fsp3) is 0.278. The summed E-state index contributed by atoms with van der Waals surface area (Å²) in [6, 6.07) is 19.5. The third-order valence-corrected chi connectivity index (χ3v) is 3.70. The van der Waals surface area contributed by atoms with Gasteiger partial charge in [0.1, 0.15) is 0 Å². The Morgan fingerprint density at radius 3 is 2.48 bits per heavy atom. The Morgan fingerprint density at radius 2 is 1.76 bits per heavy atom. The summed E-state index contributed by atoms with van der Waals surface area (Å²) < 4.78 is 7.22. The third kappa shape index (κ3) is 4.62. The molecule has 3 aromatic rings. The fourth-order valence-electron chi connectivity index (χ4n) is 2.49. The van der Waals surface area contributed by atoms with E-state index >= 15 is 0 Å². The van der Waals surface area contributed by atoms with Crippen LogP contribution in [-0.2, 0) is 11.3 Å². The maximum atomic E-state index is 10.2. The molecule has 0 saturated heterocycles. The highest BCUT2D eigenvalue weighted by Gasteiger charge is 2.16. The van der Waals surface area contributed by atoms with Crippen LogP contribution in [-0.4, -0.2) is 51.6 Å². The second kappa shape index (κ2) is 8.36. The van der Waals surface area contributed by atoms with Crippen LogP contribution in [0.3, 0.4) is 0 Å². The molecule has 25 heavy (non-hydrogen) atoms. The van der Waals surface area contributed by atoms with E-state index in [-0.39, 0.29) is 6.61 Å². The number of anilines is 1. The Morgan fingerprint density at radius 1 is 1.08 bits per heavy atom. The normalized spacial score (nSPS) is 12.1. The molecule has 7 nitrogen and oxygen atoms in total. The van der Waals surface area contributed by atoms with E-state index in [0.717, 1.165) is 11.3 Å². The van der Waals surface area contributed by atoms with Crippen molar-refractivity contribution in [2.24, 2.45) is 0 Å². The summed E-state index contributed by atoms with van der Waals surface area (Å²) in [5.41, 5.74) is 1.94. The van der Waals surface area contributed by atoms with Crippen molar-refractivity contribution in [3.63, 3.8) is 0 Å². The maximum Gasteiger partial charge on any atom is 0.250 e. The number of benzene rings is 2. The van der Waals surface area contributed by atoms with E-state index < -0.39 is 6.10 Å². The van der Waals surface area contributed by atoms with E-state index in [1.807, 2.05) is 72.6 Å². The van der Waals surface area contributed by atoms with Crippen molar-refractivity contribution >= 4 is 5.95 Å². The topological polar surface area (TPSA) is 76.3 Å². The van der Waals surface area contributed by atoms with Crippen molar-refractivity contribution in [2.45, 2.75) is 12.7 Å². The first-order valence-corrected chi connectivity index (χ1v) is 8.08. The number of aliphatic hydroxyl groups excluding tert-OH is 1. The number of aliphatic hydroxyl groups is 1. The number of hydrogen-bond acceptors (Lipinski definition) is 6. The lowest BCUT2D eigenvalue weighted by Gasteiger charge is -2.21. The van der Waals surface area contributed by atoms with Crippen LogP contribution >= 0.6 is 0 Å². The second-order valence-corrected chi connectivity index (χ2v) is 5.76. The zero-order valence-corrected chi connectivity index (χ0v) is 14.1. The van der Waals surface area contributed by atoms with Crippen LogP contribution < -0.4 is 4.90 Å². The molecule has 0 spiro atoms. The average Bonchev–Trinajstić information content (AvgIpc) is 3.13. The first-order valence-electron chi connectivity index (χ1n) is 8.08. The molecule has 1 unspecified atom stereocenters. The molecule has 0 bridgehead atoms. The lowest BCUT2D eigenvalue weighted by molar-refractivity contribution is 0.0323. The molecule has 2 aromatic carbocycles. The van der Waals surface area contributed by atoms with E-state index in [1.165, 1.54) is 0 Å². The molecule has 1 N–H and O–H groups in total. The Balaban J connectivity index is 1.54. The molecule has 0 radical (unpaired) electrons. The van der Waals surface area contributed by atoms with Crippen molar-refractivity contribution in [1.82, 2.24) is 20.2 Å². The predicted molar refractivity (Wildman–Crippen MR) is 94.5 cm³/mol. The summed E-state index contributed by atoms with van der Waals surface area (Å²) in [6.07, 6.45) is -0.644. The van der Waals surface area contributed by atoms with Gasteiger partial charge in [-0.1, -0.05) is 53.6 Å². The van der Waals surface area contributed by atoms with E-state index in [2.05, 4.69) is 15.5 Å². The number of para-hydroxylation sites is 1. The molecule has 0 fully saturated rings. The smallest absolute Gasteiger partial charge is 0.250 e. The summed E-state index contributed by atoms with van der Waals surface area (Å²) >= 11 is 0. The van der Waals surface area contributed by atoms with Crippen molar-refractivity contribution < 1.29 is 9.84 Å². The van der Waals surface area contributed by atoms with Crippen LogP contribution in [0, 0.1) is 0 Å². The van der Waals surface area contributed by atoms with Gasteiger partial charge in [0.2, 0.25) is 5.95 Å². The third-order valence-electron chi connectivity index (χ3n) is 3.70. The van der Waals surface area contributed by atoms with Crippen LogP contribution in [0.15, 0.2) is 60.7 Å². The highest BCUT2D eigenvalue weighted by atomic mass is 16.5. The minimum atomic E-state index is -0.644. The fourth-order valence-corrected chi connectivity index (χ4v) is 2.49. The number of aromatic nitrogens is 4. The standard InChI is InChI=1S/C18H21N5O2/c1-22(12-17(24)14-25-13-15-8-4-2-5-9-15)18-19-20-21-23(18)16-10-6-3-7-11-16/h2-11,17,24H,12-14H2,1H3. The molecule has 7 heteroatoms. The number of hydrogen-bond donors (Lipinski definition) is 1. The van der Waals surface area contributed by atoms with Gasteiger partial charge in [-0.25, -0.2) is 0 Å². The second-order valence-electron chi connectivity index (χ2n) is 5.76. The van der Waals surface area contributed by atoms with Gasteiger partial charge in [0, 0.05) is 13.6 Å². The van der Waals surface area contributed by atoms with E-state index in [4.69, 9.17) is 4.74 Å². The van der Waals surface area contributed by atoms with Crippen molar-refractivity contribution in [1.29, 1.82) is 0 Å². The zero-order valence-electron chi connectivity index (χ0n) is 14.1. The molecule has 130 valence electrons. The summed E-state index contributed by atoms with van der Waals surface area (Å²) in [7, 11) is 1.84. The summed E-state index contributed by atoms with van der Waals surface area (Å²) in [5, 5.41) is 22.0. The molecule has 0 aliphatic heterocycles. The molecular weight excluding hydrogens is 318 g/mol. The first kappa shape index (κ1) is 17.1. The predicted octanol–water partition coefficient (Wildman–Crippen LogP) is 1.68. The molecule has 1 atom stereocenters. The number of likely N-dealkylation sites (N-methyl/N-ethyl adjacent to an activating group) is 1. The van der Waals surface area contributed by atoms with Crippen LogP contribution in [0.5, 0.6) is 0 Å². The maximum absolute atomic E-state index is 10.2. The number of nitrogens with zero attached hydrogens (tertiary/aromatic N) is 5. The highest BCUT2D eigenvalue weighted by molar-refractivity contribution is 5.39. The van der Waals surface area contributed by atoms with Gasteiger partial charge in [-0.2, -0.15) is 4.68 Å². The van der Waals surface area contributed by atoms with E-state index in [0.29, 0.717) is 19.1 Å². The Labute approximate surface area is 146 Å². The van der Waals surface area contributed by atoms with E-state index in [9.17, 15) is 5.11 Å². The molecule has 0 aliphatic carbocycles. The Bertz CT molecular complexity index is 763. The SMILES string of the molecule is CN(CC(O)COCc1ccccc1)c1nnnn1-c1ccccc1. The van der Waals surface area contributed by atoms with Crippen LogP contribution in [0.1, 0.15) is 5.56 Å². The van der Waals surface area contributed by atoms with Crippen molar-refractivity contribution in [3.8, 4) is 5.69 Å². The van der Waals surface area contributed by atoms with Gasteiger partial charge < -0.3 is 14.7 Å². The van der Waals surface area contributed by atoms with Crippen LogP contribution in [0.4, 0.5) is 5.95 Å². The highest BCUT2D eigenvalue weighted by Crippen LogP contribution is 2.14. The van der Waals surface area contributed by atoms with Gasteiger partial charge in [-0.05, 0) is 28.1 Å². The molecule has 1 aromatic heterocycles. The summed E-state index contributed by atoms with van der Waals surface area (Å²) in [4.78, 5) is 1.81. The minimum absolute atomic E-state index is 0.242. The van der Waals surface area contributed by atoms with Gasteiger partial charge in [-0.15, -0.1) is 0 Å². The Kier molecular flexibility index (Phi) is 5.71. The number of tetrazole rings is 1. The molecule has 0 amide bonds. The molecule has 1 heterocycles. The molecular formula is C18H21N5O2. The lowest BCUT2D eigenvalue weighted by Crippen LogP contribution is -2.33. The lowest BCUT2D eigenvalue weighted by atomic mass is 10.2. The van der Waals surface area contributed by atoms with Gasteiger partial charge in [-0.3, -0.25) is 0 Å². The Hall–Kier alpha value is -2.77. The van der Waals surface area contributed by atoms with Crippen LogP contribution in [0.2, 0.25) is 0 Å². The van der Waals surface area contributed by atoms with Crippen molar-refractivity contribution in [3.05, 3.63) is 66.2 Å². The summed E-state index contributed by atoms with van der Waals surface area (Å²) in [6.45, 7) is 1.08. The molecule has 0 aliphatic rings. The van der Waals surface area contributed by atoms with Gasteiger partial charge >= 0.3 is 0 Å². The zero-order chi connectivity index (χ0) is 17.5. The van der Waals surface area contributed by atoms with Crippen LogP contribution in [0.25, 0.3) is 5.69 Å². The molecule has 0 saturated carbocycles. The van der Waals surface area contributed by atoms with Gasteiger partial charge in [0.05, 0.1) is 25.0 Å². The van der Waals surface area contributed by atoms with Crippen molar-refractivity contribution in [2.75, 3.05) is 25.1 Å². The van der Waals surface area contributed by atoms with E-state index in [1.54, 1.807) is 4.68 Å². The van der Waals surface area contributed by atoms with Gasteiger partial charge in [0.25, 0.3) is 0 Å². The quantitative estimate of drug-likeness (QED) is 0.673. The first-order chi connectivity index (χ1) is 12.2.